The van der Waals surface area contributed by atoms with E-state index in [1.54, 1.807) is 0 Å². The minimum Gasteiger partial charge on any atom is -0.343 e. The van der Waals surface area contributed by atoms with Gasteiger partial charge in [-0.2, -0.15) is 0 Å². The van der Waals surface area contributed by atoms with Crippen molar-refractivity contribution in [3.8, 4) is 0 Å². The summed E-state index contributed by atoms with van der Waals surface area (Å²) >= 11 is 6.41. The van der Waals surface area contributed by atoms with Crippen LogP contribution in [-0.2, 0) is 17.9 Å². The Bertz CT molecular complexity index is 1010. The zero-order valence-electron chi connectivity index (χ0n) is 17.0. The average molecular weight is 410 g/mol. The molecule has 4 nitrogen and oxygen atoms in total. The Morgan fingerprint density at radius 3 is 2.69 bits per heavy atom. The van der Waals surface area contributed by atoms with Crippen LogP contribution in [-0.4, -0.2) is 35.0 Å². The first-order valence-electron chi connectivity index (χ1n) is 10.4. The Morgan fingerprint density at radius 2 is 1.90 bits per heavy atom. The lowest BCUT2D eigenvalue weighted by Crippen LogP contribution is -2.28. The van der Waals surface area contributed by atoms with E-state index in [1.165, 1.54) is 22.2 Å². The second kappa shape index (κ2) is 9.02. The van der Waals surface area contributed by atoms with Crippen molar-refractivity contribution in [3.63, 3.8) is 0 Å². The van der Waals surface area contributed by atoms with E-state index in [0.717, 1.165) is 62.6 Å². The Morgan fingerprint density at radius 1 is 1.10 bits per heavy atom. The number of para-hydroxylation sites is 1. The number of aromatic nitrogens is 1. The molecular weight excluding hydrogens is 382 g/mol. The summed E-state index contributed by atoms with van der Waals surface area (Å²) in [5.41, 5.74) is 4.98. The van der Waals surface area contributed by atoms with Crippen LogP contribution in [0.25, 0.3) is 10.9 Å². The number of hydrogen-bond acceptors (Lipinski definition) is 2. The quantitative estimate of drug-likeness (QED) is 0.545. The molecular formula is C24H28ClN3O. The fourth-order valence-corrected chi connectivity index (χ4v) is 4.47. The number of benzene rings is 2. The van der Waals surface area contributed by atoms with Crippen molar-refractivity contribution in [2.24, 2.45) is 0 Å². The molecule has 1 N–H and O–H groups in total. The molecule has 0 atom stereocenters. The third-order valence-corrected chi connectivity index (χ3v) is 6.27. The van der Waals surface area contributed by atoms with Crippen LogP contribution in [0, 0.1) is 6.92 Å². The highest BCUT2D eigenvalue weighted by Crippen LogP contribution is 2.28. The van der Waals surface area contributed by atoms with E-state index in [4.69, 9.17) is 11.6 Å². The first kappa shape index (κ1) is 20.0. The molecule has 152 valence electrons. The highest BCUT2D eigenvalue weighted by atomic mass is 35.5. The first-order valence-corrected chi connectivity index (χ1v) is 10.8. The van der Waals surface area contributed by atoms with Crippen LogP contribution in [0.4, 0.5) is 0 Å². The number of nitrogens with one attached hydrogen (secondary N) is 1. The van der Waals surface area contributed by atoms with Gasteiger partial charge in [0.1, 0.15) is 0 Å². The van der Waals surface area contributed by atoms with E-state index in [-0.39, 0.29) is 0 Å². The maximum absolute atomic E-state index is 11.7. The minimum atomic E-state index is 0.309. The molecule has 29 heavy (non-hydrogen) atoms. The zero-order valence-corrected chi connectivity index (χ0v) is 17.7. The number of rotatable bonds is 8. The summed E-state index contributed by atoms with van der Waals surface area (Å²) in [5, 5.41) is 5.68. The molecule has 1 fully saturated rings. The van der Waals surface area contributed by atoms with E-state index in [2.05, 4.69) is 47.1 Å². The van der Waals surface area contributed by atoms with Crippen molar-refractivity contribution in [2.45, 2.75) is 39.3 Å². The molecule has 0 unspecified atom stereocenters. The first-order chi connectivity index (χ1) is 14.1. The van der Waals surface area contributed by atoms with Crippen LogP contribution in [0.3, 0.4) is 0 Å². The molecule has 3 aromatic rings. The maximum atomic E-state index is 11.7. The Labute approximate surface area is 177 Å². The van der Waals surface area contributed by atoms with E-state index in [0.29, 0.717) is 5.91 Å². The lowest BCUT2D eigenvalue weighted by molar-refractivity contribution is -0.127. The second-order valence-corrected chi connectivity index (χ2v) is 8.18. The summed E-state index contributed by atoms with van der Waals surface area (Å²) in [5.74, 6) is 0.309. The highest BCUT2D eigenvalue weighted by Gasteiger charge is 2.19. The number of halogens is 1. The average Bonchev–Trinajstić information content (AvgIpc) is 3.25. The van der Waals surface area contributed by atoms with Gasteiger partial charge in [-0.3, -0.25) is 4.79 Å². The number of fused-ring (bicyclic) bond motifs is 1. The Hall–Kier alpha value is -2.30. The monoisotopic (exact) mass is 409 g/mol. The van der Waals surface area contributed by atoms with Crippen molar-refractivity contribution in [2.75, 3.05) is 19.6 Å². The summed E-state index contributed by atoms with van der Waals surface area (Å²) in [6, 6.07) is 16.6. The van der Waals surface area contributed by atoms with Crippen LogP contribution in [0.15, 0.2) is 48.5 Å². The van der Waals surface area contributed by atoms with Gasteiger partial charge in [-0.1, -0.05) is 48.0 Å². The number of amides is 1. The SMILES string of the molecule is Cc1c(CNCCCN2CCCC2=O)c2ccccc2n1Cc1ccccc1Cl. The van der Waals surface area contributed by atoms with Crippen molar-refractivity contribution in [1.29, 1.82) is 0 Å². The topological polar surface area (TPSA) is 37.3 Å². The van der Waals surface area contributed by atoms with Gasteiger partial charge >= 0.3 is 0 Å². The lowest BCUT2D eigenvalue weighted by atomic mass is 10.1. The summed E-state index contributed by atoms with van der Waals surface area (Å²) in [6.45, 7) is 6.48. The standard InChI is InChI=1S/C24H28ClN3O/c1-18-21(16-26-13-7-15-27-14-6-12-24(27)29)20-9-3-5-11-23(20)28(18)17-19-8-2-4-10-22(19)25/h2-5,8-11,26H,6-7,12-17H2,1H3. The van der Waals surface area contributed by atoms with Gasteiger partial charge in [0, 0.05) is 54.2 Å². The van der Waals surface area contributed by atoms with Gasteiger partial charge in [0.15, 0.2) is 0 Å². The van der Waals surface area contributed by atoms with Gasteiger partial charge in [-0.05, 0) is 49.6 Å². The third-order valence-electron chi connectivity index (χ3n) is 5.90. The Kier molecular flexibility index (Phi) is 6.22. The van der Waals surface area contributed by atoms with Gasteiger partial charge in [0.25, 0.3) is 0 Å². The molecule has 1 aliphatic heterocycles. The summed E-state index contributed by atoms with van der Waals surface area (Å²) < 4.78 is 2.36. The van der Waals surface area contributed by atoms with Crippen LogP contribution >= 0.6 is 11.6 Å². The predicted molar refractivity (Wildman–Crippen MR) is 119 cm³/mol. The van der Waals surface area contributed by atoms with Gasteiger partial charge in [0.05, 0.1) is 0 Å². The molecule has 0 bridgehead atoms. The molecule has 5 heteroatoms. The molecule has 1 aliphatic rings. The number of likely N-dealkylation sites (tertiary alicyclic amines) is 1. The van der Waals surface area contributed by atoms with Gasteiger partial charge in [-0.15, -0.1) is 0 Å². The third kappa shape index (κ3) is 4.34. The van der Waals surface area contributed by atoms with Crippen molar-refractivity contribution < 1.29 is 4.79 Å². The van der Waals surface area contributed by atoms with Gasteiger partial charge in [0.2, 0.25) is 5.91 Å². The van der Waals surface area contributed by atoms with Crippen molar-refractivity contribution in [3.05, 3.63) is 70.4 Å². The van der Waals surface area contributed by atoms with Crippen LogP contribution < -0.4 is 5.32 Å². The maximum Gasteiger partial charge on any atom is 0.222 e. The fourth-order valence-electron chi connectivity index (χ4n) is 4.28. The van der Waals surface area contributed by atoms with Gasteiger partial charge < -0.3 is 14.8 Å². The normalized spacial score (nSPS) is 14.3. The second-order valence-electron chi connectivity index (χ2n) is 7.77. The molecule has 0 radical (unpaired) electrons. The number of nitrogens with zero attached hydrogens (tertiary/aromatic N) is 2. The van der Waals surface area contributed by atoms with Crippen LogP contribution in [0.5, 0.6) is 0 Å². The van der Waals surface area contributed by atoms with E-state index < -0.39 is 0 Å². The zero-order chi connectivity index (χ0) is 20.2. The summed E-state index contributed by atoms with van der Waals surface area (Å²) in [4.78, 5) is 13.7. The number of hydrogen-bond donors (Lipinski definition) is 1. The number of carbonyl (C=O) groups excluding carboxylic acids is 1. The number of carbonyl (C=O) groups is 1. The van der Waals surface area contributed by atoms with Crippen LogP contribution in [0.2, 0.25) is 5.02 Å². The fraction of sp³-hybridized carbons (Fsp3) is 0.375. The predicted octanol–water partition coefficient (Wildman–Crippen LogP) is 4.75. The minimum absolute atomic E-state index is 0.309. The molecule has 1 saturated heterocycles. The van der Waals surface area contributed by atoms with Gasteiger partial charge in [-0.25, -0.2) is 0 Å². The molecule has 0 spiro atoms. The molecule has 2 aromatic carbocycles. The van der Waals surface area contributed by atoms with Crippen molar-refractivity contribution in [1.82, 2.24) is 14.8 Å². The molecule has 4 rings (SSSR count). The molecule has 2 heterocycles. The largest absolute Gasteiger partial charge is 0.343 e. The van der Waals surface area contributed by atoms with E-state index in [1.807, 2.05) is 23.1 Å². The molecule has 0 saturated carbocycles. The van der Waals surface area contributed by atoms with Crippen LogP contribution in [0.1, 0.15) is 36.1 Å². The molecule has 0 aliphatic carbocycles. The smallest absolute Gasteiger partial charge is 0.222 e. The lowest BCUT2D eigenvalue weighted by Gasteiger charge is -2.15. The summed E-state index contributed by atoms with van der Waals surface area (Å²) in [6.07, 6.45) is 2.72. The summed E-state index contributed by atoms with van der Waals surface area (Å²) in [7, 11) is 0. The van der Waals surface area contributed by atoms with E-state index in [9.17, 15) is 4.79 Å². The Balaban J connectivity index is 1.46. The molecule has 1 aromatic heterocycles. The van der Waals surface area contributed by atoms with Crippen molar-refractivity contribution >= 4 is 28.4 Å². The molecule has 1 amide bonds. The van der Waals surface area contributed by atoms with E-state index >= 15 is 0 Å². The highest BCUT2D eigenvalue weighted by molar-refractivity contribution is 6.31.